The number of pyridine rings is 1. The minimum atomic E-state index is 0.328. The van der Waals surface area contributed by atoms with Gasteiger partial charge in [0.25, 0.3) is 0 Å². The first kappa shape index (κ1) is 11.7. The van der Waals surface area contributed by atoms with Crippen LogP contribution in [0.2, 0.25) is 0 Å². The van der Waals surface area contributed by atoms with Crippen LogP contribution >= 0.6 is 0 Å². The lowest BCUT2D eigenvalue weighted by Gasteiger charge is -2.12. The van der Waals surface area contributed by atoms with Crippen LogP contribution in [-0.4, -0.2) is 19.7 Å². The van der Waals surface area contributed by atoms with Crippen LogP contribution in [0.25, 0.3) is 11.4 Å². The molecule has 5 heteroatoms. The van der Waals surface area contributed by atoms with Crippen LogP contribution in [0, 0.1) is 6.92 Å². The summed E-state index contributed by atoms with van der Waals surface area (Å²) in [5.41, 5.74) is 7.46. The molecule has 0 amide bonds. The molecule has 90 valence electrons. The highest BCUT2D eigenvalue weighted by atomic mass is 15.3. The van der Waals surface area contributed by atoms with Crippen LogP contribution < -0.4 is 5.73 Å². The Labute approximate surface area is 101 Å². The zero-order valence-electron chi connectivity index (χ0n) is 10.4. The summed E-state index contributed by atoms with van der Waals surface area (Å²) in [6.45, 7) is 6.62. The minimum absolute atomic E-state index is 0.328. The van der Waals surface area contributed by atoms with Gasteiger partial charge in [0.05, 0.1) is 5.69 Å². The van der Waals surface area contributed by atoms with Gasteiger partial charge in [-0.2, -0.15) is 0 Å². The molecule has 2 aromatic heterocycles. The van der Waals surface area contributed by atoms with E-state index in [1.54, 1.807) is 6.20 Å². The summed E-state index contributed by atoms with van der Waals surface area (Å²) in [5.74, 6) is 1.79. The Hall–Kier alpha value is -1.75. The van der Waals surface area contributed by atoms with Gasteiger partial charge in [0.2, 0.25) is 0 Å². The largest absolute Gasteiger partial charge is 0.325 e. The summed E-state index contributed by atoms with van der Waals surface area (Å²) in [6.07, 6.45) is 1.76. The molecular formula is C12H17N5. The summed E-state index contributed by atoms with van der Waals surface area (Å²) in [4.78, 5) is 4.18. The Balaban J connectivity index is 2.52. The van der Waals surface area contributed by atoms with Crippen LogP contribution in [-0.2, 0) is 6.54 Å². The predicted octanol–water partition coefficient (Wildman–Crippen LogP) is 1.69. The molecule has 0 saturated carbocycles. The highest BCUT2D eigenvalue weighted by Gasteiger charge is 2.13. The van der Waals surface area contributed by atoms with Crippen molar-refractivity contribution < 1.29 is 0 Å². The Bertz CT molecular complexity index is 515. The summed E-state index contributed by atoms with van der Waals surface area (Å²) >= 11 is 0. The van der Waals surface area contributed by atoms with E-state index in [0.29, 0.717) is 12.6 Å². The smallest absolute Gasteiger partial charge is 0.164 e. The van der Waals surface area contributed by atoms with Crippen LogP contribution in [0.3, 0.4) is 0 Å². The SMILES string of the molecule is Cc1nnc(-c2ccnc(CN)c2)n1C(C)C. The van der Waals surface area contributed by atoms with Crippen molar-refractivity contribution >= 4 is 0 Å². The number of hydrogen-bond donors (Lipinski definition) is 1. The first-order chi connectivity index (χ1) is 8.13. The maximum absolute atomic E-state index is 5.59. The topological polar surface area (TPSA) is 69.6 Å². The van der Waals surface area contributed by atoms with Gasteiger partial charge in [-0.05, 0) is 32.9 Å². The van der Waals surface area contributed by atoms with Gasteiger partial charge in [0.1, 0.15) is 5.82 Å². The van der Waals surface area contributed by atoms with E-state index in [1.807, 2.05) is 19.1 Å². The molecule has 0 radical (unpaired) electrons. The van der Waals surface area contributed by atoms with Gasteiger partial charge in [-0.15, -0.1) is 10.2 Å². The van der Waals surface area contributed by atoms with E-state index in [-0.39, 0.29) is 0 Å². The van der Waals surface area contributed by atoms with Crippen molar-refractivity contribution in [2.45, 2.75) is 33.4 Å². The third-order valence-electron chi connectivity index (χ3n) is 2.67. The molecule has 0 aromatic carbocycles. The maximum atomic E-state index is 5.59. The van der Waals surface area contributed by atoms with E-state index in [1.165, 1.54) is 0 Å². The Kier molecular flexibility index (Phi) is 3.19. The van der Waals surface area contributed by atoms with Crippen molar-refractivity contribution in [2.75, 3.05) is 0 Å². The van der Waals surface area contributed by atoms with Crippen molar-refractivity contribution in [1.29, 1.82) is 0 Å². The molecule has 0 aliphatic heterocycles. The fourth-order valence-corrected chi connectivity index (χ4v) is 1.91. The van der Waals surface area contributed by atoms with E-state index >= 15 is 0 Å². The minimum Gasteiger partial charge on any atom is -0.325 e. The molecular weight excluding hydrogens is 214 g/mol. The lowest BCUT2D eigenvalue weighted by molar-refractivity contribution is 0.587. The van der Waals surface area contributed by atoms with Crippen molar-refractivity contribution in [2.24, 2.45) is 5.73 Å². The highest BCUT2D eigenvalue weighted by Crippen LogP contribution is 2.22. The monoisotopic (exact) mass is 231 g/mol. The molecule has 0 aliphatic carbocycles. The molecule has 0 aliphatic rings. The van der Waals surface area contributed by atoms with Gasteiger partial charge in [0.15, 0.2) is 5.82 Å². The van der Waals surface area contributed by atoms with Gasteiger partial charge in [-0.1, -0.05) is 0 Å². The fourth-order valence-electron chi connectivity index (χ4n) is 1.91. The zero-order valence-corrected chi connectivity index (χ0v) is 10.4. The Morgan fingerprint density at radius 3 is 2.76 bits per heavy atom. The summed E-state index contributed by atoms with van der Waals surface area (Å²) in [6, 6.07) is 4.22. The van der Waals surface area contributed by atoms with Gasteiger partial charge in [-0.3, -0.25) is 4.98 Å². The number of rotatable bonds is 3. The van der Waals surface area contributed by atoms with Gasteiger partial charge < -0.3 is 10.3 Å². The van der Waals surface area contributed by atoms with E-state index in [4.69, 9.17) is 5.73 Å². The van der Waals surface area contributed by atoms with E-state index < -0.39 is 0 Å². The second kappa shape index (κ2) is 4.63. The molecule has 0 bridgehead atoms. The number of nitrogens with two attached hydrogens (primary N) is 1. The number of hydrogen-bond acceptors (Lipinski definition) is 4. The molecule has 2 heterocycles. The van der Waals surface area contributed by atoms with E-state index in [2.05, 4.69) is 33.6 Å². The van der Waals surface area contributed by atoms with Crippen molar-refractivity contribution in [3.8, 4) is 11.4 Å². The van der Waals surface area contributed by atoms with Crippen LogP contribution in [0.5, 0.6) is 0 Å². The molecule has 5 nitrogen and oxygen atoms in total. The molecule has 0 atom stereocenters. The average molecular weight is 231 g/mol. The first-order valence-electron chi connectivity index (χ1n) is 5.70. The molecule has 2 rings (SSSR count). The lowest BCUT2D eigenvalue weighted by atomic mass is 10.2. The molecule has 0 saturated heterocycles. The second-order valence-corrected chi connectivity index (χ2v) is 4.27. The van der Waals surface area contributed by atoms with Crippen LogP contribution in [0.15, 0.2) is 18.3 Å². The Morgan fingerprint density at radius 2 is 2.12 bits per heavy atom. The maximum Gasteiger partial charge on any atom is 0.164 e. The third kappa shape index (κ3) is 2.19. The van der Waals surface area contributed by atoms with Crippen LogP contribution in [0.1, 0.15) is 31.4 Å². The normalized spacial score (nSPS) is 11.1. The molecule has 0 unspecified atom stereocenters. The molecule has 17 heavy (non-hydrogen) atoms. The molecule has 2 N–H and O–H groups in total. The first-order valence-corrected chi connectivity index (χ1v) is 5.70. The van der Waals surface area contributed by atoms with Crippen molar-refractivity contribution in [3.63, 3.8) is 0 Å². The standard InChI is InChI=1S/C12H17N5/c1-8(2)17-9(3)15-16-12(17)10-4-5-14-11(6-10)7-13/h4-6,8H,7,13H2,1-3H3. The van der Waals surface area contributed by atoms with E-state index in [0.717, 1.165) is 22.9 Å². The Morgan fingerprint density at radius 1 is 1.35 bits per heavy atom. The number of aryl methyl sites for hydroxylation is 1. The fraction of sp³-hybridized carbons (Fsp3) is 0.417. The molecule has 0 spiro atoms. The highest BCUT2D eigenvalue weighted by molar-refractivity contribution is 5.55. The summed E-state index contributed by atoms with van der Waals surface area (Å²) in [5, 5.41) is 8.36. The van der Waals surface area contributed by atoms with Crippen LogP contribution in [0.4, 0.5) is 0 Å². The zero-order chi connectivity index (χ0) is 12.4. The third-order valence-corrected chi connectivity index (χ3v) is 2.67. The van der Waals surface area contributed by atoms with Gasteiger partial charge in [-0.25, -0.2) is 0 Å². The quantitative estimate of drug-likeness (QED) is 0.872. The summed E-state index contributed by atoms with van der Waals surface area (Å²) < 4.78 is 2.11. The van der Waals surface area contributed by atoms with E-state index in [9.17, 15) is 0 Å². The lowest BCUT2D eigenvalue weighted by Crippen LogP contribution is -2.06. The average Bonchev–Trinajstić information content (AvgIpc) is 2.71. The molecule has 2 aromatic rings. The number of nitrogens with zero attached hydrogens (tertiary/aromatic N) is 4. The number of aromatic nitrogens is 4. The van der Waals surface area contributed by atoms with Gasteiger partial charge in [0, 0.05) is 24.3 Å². The van der Waals surface area contributed by atoms with Crippen molar-refractivity contribution in [3.05, 3.63) is 29.8 Å². The van der Waals surface area contributed by atoms with Gasteiger partial charge >= 0.3 is 0 Å². The van der Waals surface area contributed by atoms with Crippen molar-refractivity contribution in [1.82, 2.24) is 19.7 Å². The second-order valence-electron chi connectivity index (χ2n) is 4.27. The predicted molar refractivity (Wildman–Crippen MR) is 66.3 cm³/mol. The molecule has 0 fully saturated rings. The summed E-state index contributed by atoms with van der Waals surface area (Å²) in [7, 11) is 0.